The van der Waals surface area contributed by atoms with Gasteiger partial charge in [0.2, 0.25) is 0 Å². The van der Waals surface area contributed by atoms with Crippen molar-refractivity contribution in [3.63, 3.8) is 0 Å². The maximum Gasteiger partial charge on any atom is 0.319 e. The fraction of sp³-hybridized carbons (Fsp3) is 0.538. The third-order valence-electron chi connectivity index (χ3n) is 6.73. The molecule has 2 aliphatic carbocycles. The van der Waals surface area contributed by atoms with E-state index in [1.54, 1.807) is 6.07 Å². The number of esters is 1. The van der Waals surface area contributed by atoms with Gasteiger partial charge in [0.1, 0.15) is 6.10 Å². The molecule has 4 rings (SSSR count). The summed E-state index contributed by atoms with van der Waals surface area (Å²) in [4.78, 5) is 36.4. The maximum absolute atomic E-state index is 12.8. The van der Waals surface area contributed by atoms with Crippen LogP contribution in [0.5, 0.6) is 0 Å². The lowest BCUT2D eigenvalue weighted by Crippen LogP contribution is -2.33. The lowest BCUT2D eigenvalue weighted by molar-refractivity contribution is -0.148. The molecule has 0 aliphatic heterocycles. The minimum atomic E-state index is -3.67. The zero-order chi connectivity index (χ0) is 29.1. The van der Waals surface area contributed by atoms with Gasteiger partial charge in [-0.2, -0.15) is 13.5 Å². The number of hydrogen-bond donors (Lipinski definition) is 4. The van der Waals surface area contributed by atoms with E-state index in [0.717, 1.165) is 43.5 Å². The molecule has 0 unspecified atom stereocenters. The highest BCUT2D eigenvalue weighted by Crippen LogP contribution is 2.37. The summed E-state index contributed by atoms with van der Waals surface area (Å²) in [7, 11) is -3.67. The van der Waals surface area contributed by atoms with Crippen LogP contribution in [-0.2, 0) is 26.1 Å². The summed E-state index contributed by atoms with van der Waals surface area (Å²) in [6, 6.07) is 5.50. The number of primary amides is 1. The molecule has 1 aromatic heterocycles. The molecule has 1 saturated carbocycles. The van der Waals surface area contributed by atoms with Crippen molar-refractivity contribution in [3.8, 4) is 5.69 Å². The molecule has 2 aromatic rings. The summed E-state index contributed by atoms with van der Waals surface area (Å²) >= 11 is 0. The van der Waals surface area contributed by atoms with Gasteiger partial charge in [0.25, 0.3) is 16.0 Å². The maximum atomic E-state index is 12.8. The van der Waals surface area contributed by atoms with Crippen molar-refractivity contribution in [2.75, 3.05) is 18.1 Å². The van der Waals surface area contributed by atoms with Gasteiger partial charge < -0.3 is 21.5 Å². The molecule has 1 amide bonds. The van der Waals surface area contributed by atoms with E-state index in [1.165, 1.54) is 0 Å². The van der Waals surface area contributed by atoms with E-state index in [2.05, 4.69) is 24.3 Å². The number of hydrogen-bond acceptors (Lipinski definition) is 9. The first kappa shape index (κ1) is 30.3. The number of ketones is 1. The average molecular weight is 564 g/mol. The van der Waals surface area contributed by atoms with Crippen molar-refractivity contribution in [1.29, 1.82) is 0 Å². The Labute approximate surface area is 228 Å². The number of aromatic nitrogens is 2. The lowest BCUT2D eigenvalue weighted by atomic mass is 9.75. The van der Waals surface area contributed by atoms with Gasteiger partial charge >= 0.3 is 5.97 Å². The van der Waals surface area contributed by atoms with Crippen LogP contribution in [0.2, 0.25) is 0 Å². The topological polar surface area (TPSA) is 197 Å². The summed E-state index contributed by atoms with van der Waals surface area (Å²) in [5.41, 5.74) is 15.0. The second-order valence-electron chi connectivity index (χ2n) is 10.9. The number of anilines is 1. The fourth-order valence-electron chi connectivity index (χ4n) is 5.13. The van der Waals surface area contributed by atoms with Crippen LogP contribution in [0.15, 0.2) is 18.2 Å². The molecule has 1 fully saturated rings. The normalized spacial score (nSPS) is 20.3. The number of ether oxygens (including phenoxy) is 1. The number of aryl methyl sites for hydroxylation is 1. The van der Waals surface area contributed by atoms with Gasteiger partial charge in [0.05, 0.1) is 41.0 Å². The number of fused-ring (bicyclic) bond motifs is 1. The Morgan fingerprint density at radius 1 is 1.21 bits per heavy atom. The first-order chi connectivity index (χ1) is 18.1. The third kappa shape index (κ3) is 8.10. The lowest BCUT2D eigenvalue weighted by Gasteiger charge is -2.30. The van der Waals surface area contributed by atoms with E-state index >= 15 is 0 Å². The quantitative estimate of drug-likeness (QED) is 0.298. The number of nitrogens with zero attached hydrogens (tertiary/aromatic N) is 2. The molecule has 6 N–H and O–H groups in total. The Morgan fingerprint density at radius 3 is 2.38 bits per heavy atom. The zero-order valence-electron chi connectivity index (χ0n) is 22.7. The molecule has 0 bridgehead atoms. The molecule has 13 heteroatoms. The van der Waals surface area contributed by atoms with Crippen molar-refractivity contribution in [1.82, 2.24) is 9.78 Å². The number of benzene rings is 1. The van der Waals surface area contributed by atoms with Crippen molar-refractivity contribution in [2.24, 2.45) is 16.9 Å². The molecule has 0 atom stereocenters. The standard InChI is InChI=1S/C25H33N5O4.CH4O3S/c1-14-23-20(11-25(2,3)12-21(23)31)30(29-14)16-6-9-18(24(27)33)19(10-16)28-15-4-7-17(8-5-15)34-22(32)13-26;1-5(2,3)4/h6,9-10,15,17,28H,4-5,7-8,11-13,26H2,1-3H3,(H2,27,33);1H3,(H,2,3,4). The molecule has 0 radical (unpaired) electrons. The van der Waals surface area contributed by atoms with E-state index in [1.807, 2.05) is 23.7 Å². The number of nitrogens with two attached hydrogens (primary N) is 2. The highest BCUT2D eigenvalue weighted by Gasteiger charge is 2.36. The van der Waals surface area contributed by atoms with Gasteiger partial charge in [-0.3, -0.25) is 18.9 Å². The molecule has 12 nitrogen and oxygen atoms in total. The summed E-state index contributed by atoms with van der Waals surface area (Å²) < 4.78 is 33.0. The largest absolute Gasteiger partial charge is 0.461 e. The van der Waals surface area contributed by atoms with Crippen LogP contribution in [0.3, 0.4) is 0 Å². The van der Waals surface area contributed by atoms with Crippen LogP contribution in [0.25, 0.3) is 5.69 Å². The van der Waals surface area contributed by atoms with Gasteiger partial charge in [0.15, 0.2) is 5.78 Å². The second-order valence-corrected chi connectivity index (χ2v) is 12.4. The predicted molar refractivity (Wildman–Crippen MR) is 146 cm³/mol. The Hall–Kier alpha value is -3.29. The molecule has 2 aliphatic rings. The number of rotatable bonds is 6. The monoisotopic (exact) mass is 563 g/mol. The number of nitrogens with one attached hydrogen (secondary N) is 1. The molecule has 39 heavy (non-hydrogen) atoms. The number of carbonyl (C=O) groups is 3. The van der Waals surface area contributed by atoms with Crippen LogP contribution in [0.1, 0.15) is 78.1 Å². The Morgan fingerprint density at radius 2 is 1.82 bits per heavy atom. The second kappa shape index (κ2) is 11.8. The van der Waals surface area contributed by atoms with E-state index in [4.69, 9.17) is 20.8 Å². The zero-order valence-corrected chi connectivity index (χ0v) is 23.5. The fourth-order valence-corrected chi connectivity index (χ4v) is 5.13. The third-order valence-corrected chi connectivity index (χ3v) is 6.73. The van der Waals surface area contributed by atoms with E-state index < -0.39 is 16.0 Å². The first-order valence-electron chi connectivity index (χ1n) is 12.7. The molecular formula is C26H37N5O7S. The summed E-state index contributed by atoms with van der Waals surface area (Å²) in [5.74, 6) is -0.788. The smallest absolute Gasteiger partial charge is 0.319 e. The van der Waals surface area contributed by atoms with Crippen LogP contribution < -0.4 is 16.8 Å². The van der Waals surface area contributed by atoms with Crippen molar-refractivity contribution < 1.29 is 32.1 Å². The molecule has 1 heterocycles. The van der Waals surface area contributed by atoms with Crippen LogP contribution in [-0.4, -0.2) is 65.4 Å². The minimum Gasteiger partial charge on any atom is -0.461 e. The molecule has 0 spiro atoms. The van der Waals surface area contributed by atoms with E-state index in [-0.39, 0.29) is 35.9 Å². The molecule has 1 aromatic carbocycles. The van der Waals surface area contributed by atoms with Gasteiger partial charge in [0, 0.05) is 18.2 Å². The van der Waals surface area contributed by atoms with E-state index in [9.17, 15) is 22.8 Å². The summed E-state index contributed by atoms with van der Waals surface area (Å²) in [6.45, 7) is 5.92. The van der Waals surface area contributed by atoms with Gasteiger partial charge in [-0.1, -0.05) is 13.8 Å². The van der Waals surface area contributed by atoms with Crippen LogP contribution in [0, 0.1) is 12.3 Å². The predicted octanol–water partition coefficient (Wildman–Crippen LogP) is 2.16. The summed E-state index contributed by atoms with van der Waals surface area (Å²) in [5, 5.41) is 8.15. The Bertz CT molecular complexity index is 1350. The van der Waals surface area contributed by atoms with Crippen molar-refractivity contribution in [3.05, 3.63) is 40.7 Å². The highest BCUT2D eigenvalue weighted by molar-refractivity contribution is 7.85. The highest BCUT2D eigenvalue weighted by atomic mass is 32.2. The van der Waals surface area contributed by atoms with Crippen molar-refractivity contribution >= 4 is 33.5 Å². The Balaban J connectivity index is 0.000000771. The molecule has 214 valence electrons. The summed E-state index contributed by atoms with van der Waals surface area (Å²) in [6.07, 6.45) is 4.83. The Kier molecular flexibility index (Phi) is 9.19. The number of Topliss-reactive ketones (excluding diaryl/α,β-unsaturated/α-hetero) is 1. The SMILES string of the molecule is CS(=O)(=O)O.Cc1nn(-c2ccc(C(N)=O)c(NC3CCC(OC(=O)CN)CC3)c2)c2c1C(=O)CC(C)(C)C2. The van der Waals surface area contributed by atoms with Gasteiger partial charge in [-0.15, -0.1) is 0 Å². The van der Waals surface area contributed by atoms with Gasteiger partial charge in [-0.25, -0.2) is 4.68 Å². The van der Waals surface area contributed by atoms with Crippen LogP contribution in [0.4, 0.5) is 5.69 Å². The number of amides is 1. The van der Waals surface area contributed by atoms with Crippen LogP contribution >= 0.6 is 0 Å². The number of carbonyl (C=O) groups excluding carboxylic acids is 3. The van der Waals surface area contributed by atoms with E-state index in [0.29, 0.717) is 35.2 Å². The van der Waals surface area contributed by atoms with Crippen molar-refractivity contribution in [2.45, 2.75) is 71.4 Å². The first-order valence-corrected chi connectivity index (χ1v) is 14.6. The van der Waals surface area contributed by atoms with Gasteiger partial charge in [-0.05, 0) is 62.6 Å². The molecular weight excluding hydrogens is 526 g/mol. The molecule has 0 saturated heterocycles. The minimum absolute atomic E-state index is 0.106. The average Bonchev–Trinajstić information content (AvgIpc) is 3.14.